The number of nitrogens with zero attached hydrogens (tertiary/aromatic N) is 1. The molecule has 1 saturated heterocycles. The molecule has 1 unspecified atom stereocenters. The first-order valence-corrected chi connectivity index (χ1v) is 6.42. The first-order valence-electron chi connectivity index (χ1n) is 6.42. The number of hydrogen-bond acceptors (Lipinski definition) is 3. The molecule has 0 spiro atoms. The number of para-hydroxylation sites is 1. The highest BCUT2D eigenvalue weighted by Crippen LogP contribution is 2.20. The number of rotatable bonds is 3. The molecule has 0 saturated carbocycles. The number of nitro groups is 1. The summed E-state index contributed by atoms with van der Waals surface area (Å²) in [5.41, 5.74) is 0.715. The Balaban J connectivity index is 2.13. The highest BCUT2D eigenvalue weighted by Gasteiger charge is 2.13. The molecule has 100 valence electrons. The van der Waals surface area contributed by atoms with Gasteiger partial charge in [-0.3, -0.25) is 15.5 Å². The minimum atomic E-state index is -0.373. The van der Waals surface area contributed by atoms with Gasteiger partial charge in [-0.05, 0) is 18.9 Å². The molecule has 1 atom stereocenters. The molecular weight excluding hydrogens is 242 g/mol. The quantitative estimate of drug-likeness (QED) is 0.646. The van der Waals surface area contributed by atoms with Crippen molar-refractivity contribution in [3.63, 3.8) is 0 Å². The van der Waals surface area contributed by atoms with Crippen molar-refractivity contribution in [2.24, 2.45) is 0 Å². The van der Waals surface area contributed by atoms with E-state index in [1.165, 1.54) is 6.07 Å². The lowest BCUT2D eigenvalue weighted by atomic mass is 10.1. The Morgan fingerprint density at radius 2 is 2.16 bits per heavy atom. The Bertz CT molecular complexity index is 511. The molecule has 5 nitrogen and oxygen atoms in total. The average molecular weight is 259 g/mol. The summed E-state index contributed by atoms with van der Waals surface area (Å²) in [5, 5.41) is 21.7. The molecule has 0 aromatic heterocycles. The van der Waals surface area contributed by atoms with E-state index in [-0.39, 0.29) is 16.7 Å². The largest absolute Gasteiger partial charge is 0.368 e. The van der Waals surface area contributed by atoms with Gasteiger partial charge in [0.25, 0.3) is 5.69 Å². The SMILES string of the molecule is N=C1CCCCC(C=Cc2ccccc2[N+](=O)[O-])N1. The van der Waals surface area contributed by atoms with E-state index in [1.54, 1.807) is 24.3 Å². The maximum Gasteiger partial charge on any atom is 0.276 e. The topological polar surface area (TPSA) is 79.0 Å². The van der Waals surface area contributed by atoms with Crippen LogP contribution >= 0.6 is 0 Å². The van der Waals surface area contributed by atoms with E-state index < -0.39 is 0 Å². The molecule has 1 fully saturated rings. The van der Waals surface area contributed by atoms with Crippen molar-refractivity contribution >= 4 is 17.6 Å². The normalized spacial score (nSPS) is 20.0. The zero-order chi connectivity index (χ0) is 13.7. The average Bonchev–Trinajstić information content (AvgIpc) is 2.61. The first-order chi connectivity index (χ1) is 9.16. The maximum absolute atomic E-state index is 10.9. The van der Waals surface area contributed by atoms with Crippen molar-refractivity contribution in [2.45, 2.75) is 31.7 Å². The number of hydrogen-bond donors (Lipinski definition) is 2. The second-order valence-electron chi connectivity index (χ2n) is 4.65. The van der Waals surface area contributed by atoms with Crippen LogP contribution in [0, 0.1) is 15.5 Å². The van der Waals surface area contributed by atoms with Crippen LogP contribution in [-0.4, -0.2) is 16.8 Å². The van der Waals surface area contributed by atoms with Crippen LogP contribution in [0.5, 0.6) is 0 Å². The predicted octanol–water partition coefficient (Wildman–Crippen LogP) is 3.12. The van der Waals surface area contributed by atoms with Gasteiger partial charge >= 0.3 is 0 Å². The monoisotopic (exact) mass is 259 g/mol. The van der Waals surface area contributed by atoms with Crippen LogP contribution in [0.3, 0.4) is 0 Å². The third kappa shape index (κ3) is 3.64. The second kappa shape index (κ2) is 6.13. The number of amidine groups is 1. The molecule has 0 amide bonds. The Labute approximate surface area is 112 Å². The predicted molar refractivity (Wildman–Crippen MR) is 75.2 cm³/mol. The van der Waals surface area contributed by atoms with Crippen LogP contribution in [-0.2, 0) is 0 Å². The van der Waals surface area contributed by atoms with Crippen molar-refractivity contribution in [2.75, 3.05) is 0 Å². The summed E-state index contributed by atoms with van der Waals surface area (Å²) < 4.78 is 0. The van der Waals surface area contributed by atoms with Crippen molar-refractivity contribution < 1.29 is 4.92 Å². The van der Waals surface area contributed by atoms with Gasteiger partial charge in [0.15, 0.2) is 0 Å². The zero-order valence-electron chi connectivity index (χ0n) is 10.6. The zero-order valence-corrected chi connectivity index (χ0v) is 10.6. The van der Waals surface area contributed by atoms with Gasteiger partial charge in [0.1, 0.15) is 0 Å². The summed E-state index contributed by atoms with van der Waals surface area (Å²) in [4.78, 5) is 10.5. The smallest absolute Gasteiger partial charge is 0.276 e. The standard InChI is InChI=1S/C14H17N3O2/c15-14-8-4-2-6-12(16-14)10-9-11-5-1-3-7-13(11)17(18)19/h1,3,5,7,9-10,12H,2,4,6,8H2,(H2,15,16). The minimum Gasteiger partial charge on any atom is -0.368 e. The van der Waals surface area contributed by atoms with E-state index in [9.17, 15) is 10.1 Å². The third-order valence-electron chi connectivity index (χ3n) is 3.19. The van der Waals surface area contributed by atoms with Gasteiger partial charge < -0.3 is 5.32 Å². The van der Waals surface area contributed by atoms with Crippen molar-refractivity contribution in [1.29, 1.82) is 5.41 Å². The van der Waals surface area contributed by atoms with Crippen molar-refractivity contribution in [1.82, 2.24) is 5.32 Å². The van der Waals surface area contributed by atoms with Crippen LogP contribution in [0.25, 0.3) is 6.08 Å². The summed E-state index contributed by atoms with van der Waals surface area (Å²) in [6.07, 6.45) is 7.54. The third-order valence-corrected chi connectivity index (χ3v) is 3.19. The summed E-state index contributed by atoms with van der Waals surface area (Å²) in [5.74, 6) is 0.551. The lowest BCUT2D eigenvalue weighted by Crippen LogP contribution is -2.30. The molecule has 0 aliphatic carbocycles. The summed E-state index contributed by atoms with van der Waals surface area (Å²) in [6, 6.07) is 6.78. The molecule has 0 bridgehead atoms. The lowest BCUT2D eigenvalue weighted by molar-refractivity contribution is -0.385. The summed E-state index contributed by atoms with van der Waals surface area (Å²) in [7, 11) is 0. The van der Waals surface area contributed by atoms with E-state index >= 15 is 0 Å². The van der Waals surface area contributed by atoms with E-state index in [4.69, 9.17) is 5.41 Å². The molecular formula is C14H17N3O2. The Kier molecular flexibility index (Phi) is 4.28. The first kappa shape index (κ1) is 13.3. The van der Waals surface area contributed by atoms with Crippen LogP contribution in [0.15, 0.2) is 30.3 Å². The van der Waals surface area contributed by atoms with Crippen LogP contribution in [0.2, 0.25) is 0 Å². The molecule has 5 heteroatoms. The molecule has 1 aliphatic heterocycles. The molecule has 1 heterocycles. The second-order valence-corrected chi connectivity index (χ2v) is 4.65. The van der Waals surface area contributed by atoms with Gasteiger partial charge in [0, 0.05) is 18.5 Å². The van der Waals surface area contributed by atoms with Crippen LogP contribution in [0.1, 0.15) is 31.2 Å². The van der Waals surface area contributed by atoms with Crippen LogP contribution < -0.4 is 5.32 Å². The maximum atomic E-state index is 10.9. The van der Waals surface area contributed by atoms with Gasteiger partial charge in [-0.1, -0.05) is 30.7 Å². The fourth-order valence-corrected chi connectivity index (χ4v) is 2.19. The van der Waals surface area contributed by atoms with Gasteiger partial charge in [-0.2, -0.15) is 0 Å². The molecule has 1 aromatic rings. The molecule has 2 N–H and O–H groups in total. The molecule has 1 aliphatic rings. The van der Waals surface area contributed by atoms with Crippen molar-refractivity contribution in [3.05, 3.63) is 46.0 Å². The highest BCUT2D eigenvalue weighted by molar-refractivity contribution is 5.79. The number of nitrogens with one attached hydrogen (secondary N) is 2. The van der Waals surface area contributed by atoms with E-state index in [0.717, 1.165) is 25.7 Å². The number of benzene rings is 1. The van der Waals surface area contributed by atoms with Crippen LogP contribution in [0.4, 0.5) is 5.69 Å². The van der Waals surface area contributed by atoms with Gasteiger partial charge in [-0.25, -0.2) is 0 Å². The highest BCUT2D eigenvalue weighted by atomic mass is 16.6. The van der Waals surface area contributed by atoms with Gasteiger partial charge in [0.05, 0.1) is 16.3 Å². The summed E-state index contributed by atoms with van der Waals surface area (Å²) >= 11 is 0. The fraction of sp³-hybridized carbons (Fsp3) is 0.357. The Morgan fingerprint density at radius 1 is 1.37 bits per heavy atom. The van der Waals surface area contributed by atoms with Gasteiger partial charge in [-0.15, -0.1) is 0 Å². The molecule has 2 rings (SSSR count). The molecule has 1 aromatic carbocycles. The lowest BCUT2D eigenvalue weighted by Gasteiger charge is -2.12. The molecule has 19 heavy (non-hydrogen) atoms. The Morgan fingerprint density at radius 3 is 2.95 bits per heavy atom. The fourth-order valence-electron chi connectivity index (χ4n) is 2.19. The van der Waals surface area contributed by atoms with Gasteiger partial charge in [0.2, 0.25) is 0 Å². The molecule has 0 radical (unpaired) electrons. The van der Waals surface area contributed by atoms with E-state index in [0.29, 0.717) is 11.4 Å². The number of nitro benzene ring substituents is 1. The van der Waals surface area contributed by atoms with E-state index in [1.807, 2.05) is 6.08 Å². The minimum absolute atomic E-state index is 0.0924. The Hall–Kier alpha value is -2.17. The summed E-state index contributed by atoms with van der Waals surface area (Å²) in [6.45, 7) is 0. The van der Waals surface area contributed by atoms with Crippen molar-refractivity contribution in [3.8, 4) is 0 Å². The van der Waals surface area contributed by atoms with E-state index in [2.05, 4.69) is 5.32 Å².